The second kappa shape index (κ2) is 8.89. The van der Waals surface area contributed by atoms with Crippen LogP contribution in [0.4, 0.5) is 26.7 Å². The van der Waals surface area contributed by atoms with Crippen molar-refractivity contribution in [1.82, 2.24) is 9.80 Å². The highest BCUT2D eigenvalue weighted by molar-refractivity contribution is 9.10. The Morgan fingerprint density at radius 3 is 2.49 bits per heavy atom. The summed E-state index contributed by atoms with van der Waals surface area (Å²) >= 11 is 3.05. The van der Waals surface area contributed by atoms with E-state index < -0.39 is 60.5 Å². The molecule has 4 rings (SSSR count). The number of hydrogen-bond donors (Lipinski definition) is 0. The molecule has 0 bridgehead atoms. The molecule has 0 saturated carbocycles. The summed E-state index contributed by atoms with van der Waals surface area (Å²) < 4.78 is 73.4. The molecule has 3 amide bonds. The van der Waals surface area contributed by atoms with Gasteiger partial charge in [-0.05, 0) is 64.7 Å². The maximum atomic E-state index is 14.2. The van der Waals surface area contributed by atoms with Gasteiger partial charge in [0.25, 0.3) is 5.91 Å². The fourth-order valence-electron chi connectivity index (χ4n) is 4.26. The molecule has 1 heterocycles. The SMILES string of the molecule is C[C@H](N(Cc1ccc(F)cc1)C(=O)CN1C(=O)OC2(CCc3cc(Br)c(F)cc32)C1=O)C(F)(F)F. The number of carbonyl (C=O) groups excluding carboxylic acids is 3. The first kappa shape index (κ1) is 25.1. The van der Waals surface area contributed by atoms with Gasteiger partial charge in [-0.2, -0.15) is 13.2 Å². The molecule has 2 aromatic rings. The number of benzene rings is 2. The maximum Gasteiger partial charge on any atom is 0.418 e. The number of amides is 3. The highest BCUT2D eigenvalue weighted by atomic mass is 79.9. The van der Waals surface area contributed by atoms with E-state index in [9.17, 15) is 36.3 Å². The maximum absolute atomic E-state index is 14.2. The lowest BCUT2D eigenvalue weighted by Gasteiger charge is -2.31. The van der Waals surface area contributed by atoms with Gasteiger partial charge in [0, 0.05) is 18.5 Å². The van der Waals surface area contributed by atoms with Crippen LogP contribution in [0.2, 0.25) is 0 Å². The molecule has 1 spiro atoms. The lowest BCUT2D eigenvalue weighted by Crippen LogP contribution is -2.51. The molecule has 2 aromatic carbocycles. The Morgan fingerprint density at radius 2 is 1.86 bits per heavy atom. The van der Waals surface area contributed by atoms with E-state index in [1.807, 2.05) is 0 Å². The van der Waals surface area contributed by atoms with Gasteiger partial charge in [-0.15, -0.1) is 0 Å². The Bertz CT molecular complexity index is 1200. The number of ether oxygens (including phenoxy) is 1. The van der Waals surface area contributed by atoms with Crippen molar-refractivity contribution in [3.05, 3.63) is 69.2 Å². The number of alkyl halides is 3. The van der Waals surface area contributed by atoms with Gasteiger partial charge in [0.1, 0.15) is 24.2 Å². The Hall–Kier alpha value is -3.02. The number of nitrogens with zero attached hydrogens (tertiary/aromatic N) is 2. The number of halogens is 6. The third kappa shape index (κ3) is 4.51. The van der Waals surface area contributed by atoms with Gasteiger partial charge >= 0.3 is 12.3 Å². The minimum absolute atomic E-state index is 0.00569. The van der Waals surface area contributed by atoms with Crippen molar-refractivity contribution >= 4 is 33.8 Å². The molecule has 35 heavy (non-hydrogen) atoms. The molecular weight excluding hydrogens is 543 g/mol. The molecule has 0 aromatic heterocycles. The molecule has 2 atom stereocenters. The summed E-state index contributed by atoms with van der Waals surface area (Å²) in [7, 11) is 0. The quantitative estimate of drug-likeness (QED) is 0.491. The molecular formula is C23H18BrF5N2O4. The van der Waals surface area contributed by atoms with Crippen LogP contribution in [0.5, 0.6) is 0 Å². The monoisotopic (exact) mass is 560 g/mol. The van der Waals surface area contributed by atoms with Crippen molar-refractivity contribution in [3.63, 3.8) is 0 Å². The standard InChI is InChI=1S/C23H18BrF5N2O4/c1-12(23(27,28)29)30(10-13-2-4-15(25)5-3-13)19(32)11-31-20(33)22(35-21(31)34)7-6-14-8-17(24)18(26)9-16(14)22/h2-5,8-9,12H,6-7,10-11H2,1H3/t12-,22?/m0/s1. The van der Waals surface area contributed by atoms with Crippen molar-refractivity contribution in [1.29, 1.82) is 0 Å². The van der Waals surface area contributed by atoms with Gasteiger partial charge in [-0.25, -0.2) is 18.5 Å². The Morgan fingerprint density at radius 1 is 1.20 bits per heavy atom. The lowest BCUT2D eigenvalue weighted by atomic mass is 9.95. The molecule has 1 aliphatic heterocycles. The highest BCUT2D eigenvalue weighted by Crippen LogP contribution is 2.46. The number of aryl methyl sites for hydroxylation is 1. The molecule has 1 aliphatic carbocycles. The van der Waals surface area contributed by atoms with Crippen LogP contribution in [0, 0.1) is 11.6 Å². The molecule has 1 saturated heterocycles. The summed E-state index contributed by atoms with van der Waals surface area (Å²) in [5.41, 5.74) is -0.922. The molecule has 1 unspecified atom stereocenters. The number of fused-ring (bicyclic) bond motifs is 2. The molecule has 6 nitrogen and oxygen atoms in total. The van der Waals surface area contributed by atoms with E-state index in [0.29, 0.717) is 15.4 Å². The van der Waals surface area contributed by atoms with Crippen LogP contribution in [0.25, 0.3) is 0 Å². The third-order valence-corrected chi connectivity index (χ3v) is 6.83. The molecule has 1 fully saturated rings. The van der Waals surface area contributed by atoms with E-state index in [-0.39, 0.29) is 28.4 Å². The van der Waals surface area contributed by atoms with Crippen LogP contribution < -0.4 is 0 Å². The molecule has 2 aliphatic rings. The topological polar surface area (TPSA) is 66.9 Å². The van der Waals surface area contributed by atoms with Crippen LogP contribution in [-0.4, -0.2) is 46.5 Å². The Labute approximate surface area is 204 Å². The van der Waals surface area contributed by atoms with Crippen LogP contribution in [0.3, 0.4) is 0 Å². The molecule has 186 valence electrons. The van der Waals surface area contributed by atoms with Gasteiger partial charge in [-0.1, -0.05) is 12.1 Å². The average Bonchev–Trinajstić information content (AvgIpc) is 3.24. The predicted octanol–water partition coefficient (Wildman–Crippen LogP) is 4.83. The van der Waals surface area contributed by atoms with Crippen LogP contribution in [0.1, 0.15) is 30.0 Å². The van der Waals surface area contributed by atoms with Crippen LogP contribution >= 0.6 is 15.9 Å². The number of imide groups is 1. The van der Waals surface area contributed by atoms with Gasteiger partial charge in [0.15, 0.2) is 0 Å². The number of rotatable bonds is 5. The summed E-state index contributed by atoms with van der Waals surface area (Å²) in [6, 6.07) is 4.80. The minimum atomic E-state index is -4.80. The predicted molar refractivity (Wildman–Crippen MR) is 115 cm³/mol. The first-order valence-electron chi connectivity index (χ1n) is 10.5. The summed E-state index contributed by atoms with van der Waals surface area (Å²) in [6.07, 6.45) is -5.72. The van der Waals surface area contributed by atoms with Crippen molar-refractivity contribution in [2.45, 2.75) is 44.1 Å². The first-order chi connectivity index (χ1) is 16.3. The van der Waals surface area contributed by atoms with Gasteiger partial charge in [0.2, 0.25) is 11.5 Å². The fraction of sp³-hybridized carbons (Fsp3) is 0.348. The fourth-order valence-corrected chi connectivity index (χ4v) is 4.65. The van der Waals surface area contributed by atoms with Crippen LogP contribution in [-0.2, 0) is 32.9 Å². The zero-order chi connectivity index (χ0) is 25.7. The Kier molecular flexibility index (Phi) is 6.37. The van der Waals surface area contributed by atoms with E-state index in [4.69, 9.17) is 4.74 Å². The van der Waals surface area contributed by atoms with Crippen molar-refractivity contribution in [2.75, 3.05) is 6.54 Å². The summed E-state index contributed by atoms with van der Waals surface area (Å²) in [5.74, 6) is -3.40. The summed E-state index contributed by atoms with van der Waals surface area (Å²) in [5, 5.41) is 0. The van der Waals surface area contributed by atoms with Gasteiger partial charge < -0.3 is 9.64 Å². The van der Waals surface area contributed by atoms with E-state index in [0.717, 1.165) is 25.1 Å². The third-order valence-electron chi connectivity index (χ3n) is 6.22. The summed E-state index contributed by atoms with van der Waals surface area (Å²) in [4.78, 5) is 39.7. The van der Waals surface area contributed by atoms with E-state index in [1.54, 1.807) is 0 Å². The van der Waals surface area contributed by atoms with Crippen molar-refractivity contribution in [3.8, 4) is 0 Å². The largest absolute Gasteiger partial charge is 0.427 e. The number of hydrogen-bond acceptors (Lipinski definition) is 4. The summed E-state index contributed by atoms with van der Waals surface area (Å²) in [6.45, 7) is -0.777. The lowest BCUT2D eigenvalue weighted by molar-refractivity contribution is -0.187. The van der Waals surface area contributed by atoms with Crippen molar-refractivity contribution in [2.24, 2.45) is 0 Å². The normalized spacial score (nSPS) is 20.3. The van der Waals surface area contributed by atoms with E-state index >= 15 is 0 Å². The molecule has 0 N–H and O–H groups in total. The number of carbonyl (C=O) groups is 3. The highest BCUT2D eigenvalue weighted by Gasteiger charge is 2.59. The van der Waals surface area contributed by atoms with Gasteiger partial charge in [-0.3, -0.25) is 9.59 Å². The first-order valence-corrected chi connectivity index (χ1v) is 11.3. The Balaban J connectivity index is 1.60. The molecule has 0 radical (unpaired) electrons. The molecule has 12 heteroatoms. The zero-order valence-electron chi connectivity index (χ0n) is 18.2. The second-order valence-corrected chi connectivity index (χ2v) is 9.23. The van der Waals surface area contributed by atoms with Crippen LogP contribution in [0.15, 0.2) is 40.9 Å². The second-order valence-electron chi connectivity index (χ2n) is 8.38. The smallest absolute Gasteiger partial charge is 0.418 e. The van der Waals surface area contributed by atoms with E-state index in [1.165, 1.54) is 18.2 Å². The minimum Gasteiger partial charge on any atom is -0.427 e. The average molecular weight is 561 g/mol. The zero-order valence-corrected chi connectivity index (χ0v) is 19.8. The van der Waals surface area contributed by atoms with E-state index in [2.05, 4.69) is 15.9 Å². The van der Waals surface area contributed by atoms with Gasteiger partial charge in [0.05, 0.1) is 4.47 Å². The van der Waals surface area contributed by atoms with Crippen molar-refractivity contribution < 1.29 is 41.1 Å².